The number of likely N-dealkylation sites (tertiary alicyclic amines) is 1. The third-order valence-corrected chi connectivity index (χ3v) is 5.33. The lowest BCUT2D eigenvalue weighted by Crippen LogP contribution is -2.43. The van der Waals surface area contributed by atoms with E-state index in [1.807, 2.05) is 38.1 Å². The van der Waals surface area contributed by atoms with Gasteiger partial charge in [0.2, 0.25) is 5.91 Å². The molecule has 6 heteroatoms. The van der Waals surface area contributed by atoms with Crippen molar-refractivity contribution in [2.75, 3.05) is 13.1 Å². The highest BCUT2D eigenvalue weighted by Crippen LogP contribution is 2.23. The Kier molecular flexibility index (Phi) is 6.07. The lowest BCUT2D eigenvalue weighted by atomic mass is 9.94. The van der Waals surface area contributed by atoms with Gasteiger partial charge in [-0.25, -0.2) is 8.78 Å². The van der Waals surface area contributed by atoms with Crippen LogP contribution in [0.2, 0.25) is 0 Å². The van der Waals surface area contributed by atoms with Crippen molar-refractivity contribution in [2.45, 2.75) is 32.7 Å². The molecule has 2 amide bonds. The second-order valence-electron chi connectivity index (χ2n) is 7.28. The molecule has 0 radical (unpaired) electrons. The number of hydrogen-bond acceptors (Lipinski definition) is 2. The number of halogens is 2. The van der Waals surface area contributed by atoms with Crippen LogP contribution < -0.4 is 5.32 Å². The summed E-state index contributed by atoms with van der Waals surface area (Å²) in [5.74, 6) is -2.27. The molecule has 3 rings (SSSR count). The number of piperidine rings is 1. The molecular formula is C22H24F2N2O2. The van der Waals surface area contributed by atoms with Crippen molar-refractivity contribution >= 4 is 11.8 Å². The average Bonchev–Trinajstić information content (AvgIpc) is 2.68. The number of benzene rings is 2. The topological polar surface area (TPSA) is 49.4 Å². The van der Waals surface area contributed by atoms with Crippen LogP contribution in [0.4, 0.5) is 8.78 Å². The first-order valence-corrected chi connectivity index (χ1v) is 9.47. The maximum atomic E-state index is 13.8. The molecule has 4 nitrogen and oxygen atoms in total. The number of amides is 2. The van der Waals surface area contributed by atoms with Gasteiger partial charge >= 0.3 is 0 Å². The third-order valence-electron chi connectivity index (χ3n) is 5.33. The summed E-state index contributed by atoms with van der Waals surface area (Å²) in [5.41, 5.74) is 2.06. The van der Waals surface area contributed by atoms with Crippen LogP contribution in [0.5, 0.6) is 0 Å². The summed E-state index contributed by atoms with van der Waals surface area (Å²) < 4.78 is 26.9. The molecule has 1 N–H and O–H groups in total. The van der Waals surface area contributed by atoms with Gasteiger partial charge in [-0.15, -0.1) is 0 Å². The molecule has 1 heterocycles. The van der Waals surface area contributed by atoms with Gasteiger partial charge in [-0.05, 0) is 49.9 Å². The van der Waals surface area contributed by atoms with E-state index >= 15 is 0 Å². The lowest BCUT2D eigenvalue weighted by Gasteiger charge is -2.32. The van der Waals surface area contributed by atoms with Crippen LogP contribution in [0, 0.1) is 24.5 Å². The Bertz CT molecular complexity index is 877. The van der Waals surface area contributed by atoms with Gasteiger partial charge in [0.25, 0.3) is 5.91 Å². The van der Waals surface area contributed by atoms with Crippen molar-refractivity contribution in [2.24, 2.45) is 5.92 Å². The average molecular weight is 386 g/mol. The van der Waals surface area contributed by atoms with E-state index in [4.69, 9.17) is 0 Å². The molecule has 0 saturated carbocycles. The number of rotatable bonds is 4. The van der Waals surface area contributed by atoms with Crippen molar-refractivity contribution in [1.29, 1.82) is 0 Å². The van der Waals surface area contributed by atoms with Crippen molar-refractivity contribution < 1.29 is 18.4 Å². The minimum Gasteiger partial charge on any atom is -0.349 e. The molecule has 1 aliphatic rings. The van der Waals surface area contributed by atoms with Crippen molar-refractivity contribution in [1.82, 2.24) is 10.2 Å². The maximum absolute atomic E-state index is 13.8. The second-order valence-corrected chi connectivity index (χ2v) is 7.28. The number of hydrogen-bond donors (Lipinski definition) is 1. The zero-order valence-electron chi connectivity index (χ0n) is 16.0. The van der Waals surface area contributed by atoms with Gasteiger partial charge < -0.3 is 10.2 Å². The molecule has 1 atom stereocenters. The maximum Gasteiger partial charge on any atom is 0.256 e. The molecule has 1 unspecified atom stereocenters. The van der Waals surface area contributed by atoms with Gasteiger partial charge in [-0.1, -0.05) is 24.3 Å². The fourth-order valence-corrected chi connectivity index (χ4v) is 3.66. The van der Waals surface area contributed by atoms with Crippen molar-refractivity contribution in [3.8, 4) is 0 Å². The first-order valence-electron chi connectivity index (χ1n) is 9.47. The first-order chi connectivity index (χ1) is 13.4. The minimum absolute atomic E-state index is 0.0317. The fourth-order valence-electron chi connectivity index (χ4n) is 3.66. The van der Waals surface area contributed by atoms with Gasteiger partial charge in [0.15, 0.2) is 0 Å². The molecule has 0 bridgehead atoms. The summed E-state index contributed by atoms with van der Waals surface area (Å²) in [4.78, 5) is 26.6. The van der Waals surface area contributed by atoms with E-state index in [-0.39, 0.29) is 23.4 Å². The highest BCUT2D eigenvalue weighted by Gasteiger charge is 2.29. The molecule has 1 saturated heterocycles. The zero-order valence-corrected chi connectivity index (χ0v) is 16.0. The molecule has 148 valence electrons. The van der Waals surface area contributed by atoms with E-state index in [0.717, 1.165) is 23.3 Å². The third kappa shape index (κ3) is 4.38. The Morgan fingerprint density at radius 2 is 1.79 bits per heavy atom. The largest absolute Gasteiger partial charge is 0.349 e. The second kappa shape index (κ2) is 8.50. The highest BCUT2D eigenvalue weighted by molar-refractivity contribution is 5.94. The van der Waals surface area contributed by atoms with E-state index in [1.54, 1.807) is 0 Å². The van der Waals surface area contributed by atoms with Gasteiger partial charge in [-0.2, -0.15) is 0 Å². The summed E-state index contributed by atoms with van der Waals surface area (Å²) in [6, 6.07) is 10.8. The number of nitrogens with one attached hydrogen (secondary N) is 1. The monoisotopic (exact) mass is 386 g/mol. The number of nitrogens with zero attached hydrogens (tertiary/aromatic N) is 1. The van der Waals surface area contributed by atoms with Gasteiger partial charge in [0, 0.05) is 25.1 Å². The number of carbonyl (C=O) groups excluding carboxylic acids is 2. The smallest absolute Gasteiger partial charge is 0.256 e. The Labute approximate surface area is 163 Å². The van der Waals surface area contributed by atoms with E-state index in [0.29, 0.717) is 32.0 Å². The van der Waals surface area contributed by atoms with E-state index in [2.05, 4.69) is 5.32 Å². The quantitative estimate of drug-likeness (QED) is 0.863. The highest BCUT2D eigenvalue weighted by atomic mass is 19.1. The SMILES string of the molecule is Cc1ccccc1C(C)NC(=O)C1CCN(C(=O)c2ccc(F)cc2F)CC1. The van der Waals surface area contributed by atoms with E-state index < -0.39 is 17.5 Å². The molecule has 0 aromatic heterocycles. The predicted molar refractivity (Wildman–Crippen MR) is 103 cm³/mol. The summed E-state index contributed by atoms with van der Waals surface area (Å²) >= 11 is 0. The van der Waals surface area contributed by atoms with Crippen LogP contribution in [-0.2, 0) is 4.79 Å². The Hall–Kier alpha value is -2.76. The van der Waals surface area contributed by atoms with Crippen LogP contribution in [0.15, 0.2) is 42.5 Å². The van der Waals surface area contributed by atoms with Gasteiger partial charge in [-0.3, -0.25) is 9.59 Å². The van der Waals surface area contributed by atoms with Crippen molar-refractivity contribution in [3.05, 3.63) is 70.8 Å². The summed E-state index contributed by atoms with van der Waals surface area (Å²) in [6.07, 6.45) is 1.03. The Balaban J connectivity index is 1.56. The van der Waals surface area contributed by atoms with Gasteiger partial charge in [0.1, 0.15) is 11.6 Å². The van der Waals surface area contributed by atoms with Crippen LogP contribution in [-0.4, -0.2) is 29.8 Å². The summed E-state index contributed by atoms with van der Waals surface area (Å²) in [5, 5.41) is 3.05. The summed E-state index contributed by atoms with van der Waals surface area (Å²) in [6.45, 7) is 4.70. The minimum atomic E-state index is -0.864. The molecular weight excluding hydrogens is 362 g/mol. The molecule has 28 heavy (non-hydrogen) atoms. The Morgan fingerprint density at radius 3 is 2.43 bits per heavy atom. The summed E-state index contributed by atoms with van der Waals surface area (Å²) in [7, 11) is 0. The van der Waals surface area contributed by atoms with Crippen molar-refractivity contribution in [3.63, 3.8) is 0 Å². The fraction of sp³-hybridized carbons (Fsp3) is 0.364. The standard InChI is InChI=1S/C22H24F2N2O2/c1-14-5-3-4-6-18(14)15(2)25-21(27)16-9-11-26(12-10-16)22(28)19-8-7-17(23)13-20(19)24/h3-8,13,15-16H,9-12H2,1-2H3,(H,25,27). The van der Waals surface area contributed by atoms with Crippen LogP contribution in [0.25, 0.3) is 0 Å². The Morgan fingerprint density at radius 1 is 1.11 bits per heavy atom. The molecule has 0 aliphatic carbocycles. The zero-order chi connectivity index (χ0) is 20.3. The van der Waals surface area contributed by atoms with Gasteiger partial charge in [0.05, 0.1) is 11.6 Å². The molecule has 1 aliphatic heterocycles. The molecule has 2 aromatic carbocycles. The predicted octanol–water partition coefficient (Wildman–Crippen LogP) is 4.00. The van der Waals surface area contributed by atoms with E-state index in [9.17, 15) is 18.4 Å². The number of carbonyl (C=O) groups is 2. The first kappa shape index (κ1) is 20.0. The van der Waals surface area contributed by atoms with Crippen LogP contribution in [0.1, 0.15) is 47.3 Å². The molecule has 2 aromatic rings. The number of aryl methyl sites for hydroxylation is 1. The van der Waals surface area contributed by atoms with Crippen LogP contribution in [0.3, 0.4) is 0 Å². The van der Waals surface area contributed by atoms with Crippen LogP contribution >= 0.6 is 0 Å². The molecule has 1 fully saturated rings. The van der Waals surface area contributed by atoms with E-state index in [1.165, 1.54) is 4.90 Å². The normalized spacial score (nSPS) is 15.9. The molecule has 0 spiro atoms. The lowest BCUT2D eigenvalue weighted by molar-refractivity contribution is -0.127.